The monoisotopic (exact) mass is 868 g/mol. The number of alkyl carbamates (subject to hydrolysis) is 2. The maximum atomic E-state index is 14.3. The summed E-state index contributed by atoms with van der Waals surface area (Å²) in [6.07, 6.45) is 3.16. The molecule has 334 valence electrons. The average Bonchev–Trinajstić information content (AvgIpc) is 3.68. The minimum absolute atomic E-state index is 0.101. The van der Waals surface area contributed by atoms with Crippen LogP contribution in [-0.2, 0) is 23.8 Å². The van der Waals surface area contributed by atoms with E-state index in [1.54, 1.807) is 0 Å². The van der Waals surface area contributed by atoms with Crippen LogP contribution in [0.25, 0.3) is 54.7 Å². The number of nitrogens with one attached hydrogen (secondary N) is 4. The zero-order valence-electron chi connectivity index (χ0n) is 37.2. The standard InChI is InChI=1S/C49H56N8O7/c1-25(2)39(54-47(60)62-5)45(58)56-23-49(16-7-17-64-24-49)22-38(56)44-51-35-15-11-30-19-28(9-13-33(30)42(35)53-44)27-8-12-32-29(18-27)10-14-34-41(32)52-43(50-34)37-21-31-20-36(31)57(37)46(59)40(26(3)4)55-48(61)63-6/h8-15,18-19,25-26,31,36-40H,7,16-17,20-24H2,1-6H3,(H,50,52)(H,51,53)(H,54,60)(H,55,61)/t31-,36-,37+,38+,39+,40+,49+/m1/s1. The molecule has 0 bridgehead atoms. The summed E-state index contributed by atoms with van der Waals surface area (Å²) in [4.78, 5) is 74.1. The van der Waals surface area contributed by atoms with Gasteiger partial charge in [0.2, 0.25) is 11.8 Å². The number of nitrogens with zero attached hydrogens (tertiary/aromatic N) is 4. The molecular weight excluding hydrogens is 813 g/mol. The molecule has 7 atom stereocenters. The third-order valence-electron chi connectivity index (χ3n) is 14.3. The number of aromatic nitrogens is 4. The molecule has 0 radical (unpaired) electrons. The summed E-state index contributed by atoms with van der Waals surface area (Å²) in [5.74, 6) is 1.41. The molecule has 1 spiro atoms. The summed E-state index contributed by atoms with van der Waals surface area (Å²) in [6.45, 7) is 9.53. The summed E-state index contributed by atoms with van der Waals surface area (Å²) in [6, 6.07) is 19.4. The molecule has 1 aliphatic carbocycles. The molecular formula is C49H56N8O7. The number of piperidine rings is 1. The summed E-state index contributed by atoms with van der Waals surface area (Å²) >= 11 is 0. The predicted molar refractivity (Wildman–Crippen MR) is 242 cm³/mol. The van der Waals surface area contributed by atoms with Gasteiger partial charge >= 0.3 is 12.2 Å². The maximum Gasteiger partial charge on any atom is 0.407 e. The van der Waals surface area contributed by atoms with Crippen molar-refractivity contribution in [3.63, 3.8) is 0 Å². The number of rotatable bonds is 9. The van der Waals surface area contributed by atoms with Gasteiger partial charge in [-0.25, -0.2) is 19.6 Å². The minimum atomic E-state index is -0.747. The number of imidazole rings is 2. The zero-order chi connectivity index (χ0) is 44.6. The summed E-state index contributed by atoms with van der Waals surface area (Å²) in [5, 5.41) is 9.67. The van der Waals surface area contributed by atoms with E-state index in [1.165, 1.54) is 14.2 Å². The lowest BCUT2D eigenvalue weighted by Crippen LogP contribution is -2.52. The Morgan fingerprint density at radius 1 is 0.750 bits per heavy atom. The first-order valence-corrected chi connectivity index (χ1v) is 22.6. The number of aromatic amines is 2. The first kappa shape index (κ1) is 41.8. The molecule has 4 fully saturated rings. The Bertz CT molecular complexity index is 2830. The molecule has 15 nitrogen and oxygen atoms in total. The summed E-state index contributed by atoms with van der Waals surface area (Å²) in [5.41, 5.74) is 5.45. The smallest absolute Gasteiger partial charge is 0.407 e. The number of hydrogen-bond donors (Lipinski definition) is 4. The van der Waals surface area contributed by atoms with Crippen LogP contribution in [0, 0.1) is 23.2 Å². The molecule has 4 amide bonds. The minimum Gasteiger partial charge on any atom is -0.453 e. The summed E-state index contributed by atoms with van der Waals surface area (Å²) < 4.78 is 15.7. The largest absolute Gasteiger partial charge is 0.453 e. The SMILES string of the molecule is COC(=O)N[C@H](C(=O)N1C[C@]2(CCCOC2)C[C@H]1c1nc2c(ccc3cc(-c4ccc5c(ccc6[nH]c([C@@H]7C[C@H]8C[C@H]8N7C(=O)[C@@H](NC(=O)OC)C(C)C)nc65)c4)ccc32)[nH]1)C(C)C. The van der Waals surface area contributed by atoms with E-state index in [0.717, 1.165) is 98.7 Å². The third-order valence-corrected chi connectivity index (χ3v) is 14.3. The Kier molecular flexibility index (Phi) is 10.5. The quantitative estimate of drug-likeness (QED) is 0.112. The number of H-pyrrole nitrogens is 2. The molecule has 4 aliphatic rings. The van der Waals surface area contributed by atoms with Gasteiger partial charge in [-0.3, -0.25) is 9.59 Å². The lowest BCUT2D eigenvalue weighted by Gasteiger charge is -2.33. The van der Waals surface area contributed by atoms with Crippen molar-refractivity contribution in [2.75, 3.05) is 34.0 Å². The van der Waals surface area contributed by atoms with Gasteiger partial charge < -0.3 is 44.6 Å². The van der Waals surface area contributed by atoms with Crippen LogP contribution in [0.15, 0.2) is 60.7 Å². The van der Waals surface area contributed by atoms with E-state index in [0.29, 0.717) is 25.5 Å². The molecule has 10 rings (SSSR count). The second-order valence-corrected chi connectivity index (χ2v) is 19.2. The fourth-order valence-electron chi connectivity index (χ4n) is 10.8. The van der Waals surface area contributed by atoms with Crippen molar-refractivity contribution in [3.05, 3.63) is 72.3 Å². The van der Waals surface area contributed by atoms with Crippen LogP contribution in [0.4, 0.5) is 9.59 Å². The van der Waals surface area contributed by atoms with E-state index in [4.69, 9.17) is 24.2 Å². The average molecular weight is 869 g/mol. The number of amides is 4. The van der Waals surface area contributed by atoms with Crippen molar-refractivity contribution in [1.82, 2.24) is 40.4 Å². The fraction of sp³-hybridized carbons (Fsp3) is 0.469. The Morgan fingerprint density at radius 2 is 1.31 bits per heavy atom. The van der Waals surface area contributed by atoms with Gasteiger partial charge in [-0.15, -0.1) is 0 Å². The topological polar surface area (TPSA) is 184 Å². The van der Waals surface area contributed by atoms with Gasteiger partial charge in [0.25, 0.3) is 0 Å². The number of benzene rings is 4. The van der Waals surface area contributed by atoms with Crippen molar-refractivity contribution in [2.45, 2.75) is 90.0 Å². The van der Waals surface area contributed by atoms with Gasteiger partial charge in [0.05, 0.1) is 55.0 Å². The van der Waals surface area contributed by atoms with Gasteiger partial charge in [-0.2, -0.15) is 0 Å². The maximum absolute atomic E-state index is 14.3. The number of methoxy groups -OCH3 is 2. The summed E-state index contributed by atoms with van der Waals surface area (Å²) in [7, 11) is 2.61. The van der Waals surface area contributed by atoms with Crippen molar-refractivity contribution in [3.8, 4) is 11.1 Å². The number of fused-ring (bicyclic) bond motifs is 7. The van der Waals surface area contributed by atoms with Crippen molar-refractivity contribution >= 4 is 67.6 Å². The molecule has 4 aromatic carbocycles. The number of likely N-dealkylation sites (tertiary alicyclic amines) is 2. The highest BCUT2D eigenvalue weighted by Gasteiger charge is 2.56. The fourth-order valence-corrected chi connectivity index (χ4v) is 10.8. The first-order chi connectivity index (χ1) is 30.8. The molecule has 5 heterocycles. The second kappa shape index (κ2) is 16.1. The number of hydrogen-bond acceptors (Lipinski definition) is 9. The van der Waals surface area contributed by atoms with Crippen molar-refractivity contribution in [1.29, 1.82) is 0 Å². The van der Waals surface area contributed by atoms with Crippen LogP contribution < -0.4 is 10.6 Å². The molecule has 3 saturated heterocycles. The van der Waals surface area contributed by atoms with E-state index >= 15 is 0 Å². The van der Waals surface area contributed by atoms with Gasteiger partial charge in [0.15, 0.2) is 0 Å². The molecule has 0 unspecified atom stereocenters. The third kappa shape index (κ3) is 7.27. The van der Waals surface area contributed by atoms with Crippen molar-refractivity contribution < 1.29 is 33.4 Å². The molecule has 1 saturated carbocycles. The van der Waals surface area contributed by atoms with E-state index < -0.39 is 24.3 Å². The molecule has 2 aromatic heterocycles. The van der Waals surface area contributed by atoms with Crippen LogP contribution in [0.2, 0.25) is 0 Å². The predicted octanol–water partition coefficient (Wildman–Crippen LogP) is 7.91. The number of carbonyl (C=O) groups excluding carboxylic acids is 4. The first-order valence-electron chi connectivity index (χ1n) is 22.6. The Balaban J connectivity index is 0.931. The van der Waals surface area contributed by atoms with E-state index in [-0.39, 0.29) is 47.2 Å². The van der Waals surface area contributed by atoms with Crippen LogP contribution in [-0.4, -0.2) is 106 Å². The molecule has 3 aliphatic heterocycles. The molecule has 64 heavy (non-hydrogen) atoms. The van der Waals surface area contributed by atoms with Gasteiger partial charge in [-0.05, 0) is 96.0 Å². The van der Waals surface area contributed by atoms with E-state index in [9.17, 15) is 19.2 Å². The number of ether oxygens (including phenoxy) is 3. The van der Waals surface area contributed by atoms with Crippen LogP contribution in [0.3, 0.4) is 0 Å². The highest BCUT2D eigenvalue weighted by molar-refractivity contribution is 6.07. The number of carbonyl (C=O) groups is 4. The second-order valence-electron chi connectivity index (χ2n) is 19.2. The Hall–Kier alpha value is -6.22. The van der Waals surface area contributed by atoms with Gasteiger partial charge in [0, 0.05) is 35.4 Å². The van der Waals surface area contributed by atoms with Crippen LogP contribution >= 0.6 is 0 Å². The van der Waals surface area contributed by atoms with E-state index in [1.807, 2.05) is 37.5 Å². The lowest BCUT2D eigenvalue weighted by molar-refractivity contribution is -0.137. The normalized spacial score (nSPS) is 23.9. The van der Waals surface area contributed by atoms with E-state index in [2.05, 4.69) is 81.3 Å². The zero-order valence-corrected chi connectivity index (χ0v) is 37.2. The van der Waals surface area contributed by atoms with Gasteiger partial charge in [-0.1, -0.05) is 64.1 Å². The molecule has 6 aromatic rings. The highest BCUT2D eigenvalue weighted by Crippen LogP contribution is 2.54. The van der Waals surface area contributed by atoms with Crippen LogP contribution in [0.1, 0.15) is 83.5 Å². The molecule has 4 N–H and O–H groups in total. The Labute approximate surface area is 371 Å². The highest BCUT2D eigenvalue weighted by atomic mass is 16.5. The lowest BCUT2D eigenvalue weighted by atomic mass is 9.80. The molecule has 15 heteroatoms. The van der Waals surface area contributed by atoms with Gasteiger partial charge in [0.1, 0.15) is 23.7 Å². The van der Waals surface area contributed by atoms with Crippen molar-refractivity contribution in [2.24, 2.45) is 23.2 Å². The Morgan fingerprint density at radius 3 is 1.84 bits per heavy atom. The van der Waals surface area contributed by atoms with Crippen LogP contribution in [0.5, 0.6) is 0 Å².